The van der Waals surface area contributed by atoms with Gasteiger partial charge in [0.2, 0.25) is 5.82 Å². The van der Waals surface area contributed by atoms with Crippen LogP contribution in [-0.4, -0.2) is 58.0 Å². The van der Waals surface area contributed by atoms with Crippen molar-refractivity contribution >= 4 is 11.5 Å². The van der Waals surface area contributed by atoms with Gasteiger partial charge < -0.3 is 10.1 Å². The second-order valence-corrected chi connectivity index (χ2v) is 5.98. The van der Waals surface area contributed by atoms with Crippen molar-refractivity contribution in [2.24, 2.45) is 7.05 Å². The van der Waals surface area contributed by atoms with E-state index < -0.39 is 0 Å². The standard InChI is InChI=1S/C14H23N5O3/c1-3-12-13(19(20)21)14(17(2)16-12)15-8-11-9-18(6-7-22-11)10-4-5-10/h10-11,15H,3-9H2,1-2H3. The summed E-state index contributed by atoms with van der Waals surface area (Å²) in [6.07, 6.45) is 3.18. The van der Waals surface area contributed by atoms with E-state index in [1.54, 1.807) is 11.7 Å². The number of morpholine rings is 1. The maximum atomic E-state index is 11.3. The number of anilines is 1. The van der Waals surface area contributed by atoms with Gasteiger partial charge in [0.05, 0.1) is 17.6 Å². The Balaban J connectivity index is 1.65. The molecule has 8 nitrogen and oxygen atoms in total. The fourth-order valence-corrected chi connectivity index (χ4v) is 3.04. The predicted octanol–water partition coefficient (Wildman–Crippen LogP) is 1.17. The summed E-state index contributed by atoms with van der Waals surface area (Å²) < 4.78 is 7.33. The van der Waals surface area contributed by atoms with Gasteiger partial charge >= 0.3 is 5.69 Å². The van der Waals surface area contributed by atoms with Crippen molar-refractivity contribution in [2.75, 3.05) is 31.6 Å². The molecule has 2 aliphatic rings. The lowest BCUT2D eigenvalue weighted by Crippen LogP contribution is -2.46. The van der Waals surface area contributed by atoms with Gasteiger partial charge in [-0.05, 0) is 19.3 Å². The average molecular weight is 309 g/mol. The van der Waals surface area contributed by atoms with Crippen LogP contribution >= 0.6 is 0 Å². The van der Waals surface area contributed by atoms with E-state index in [2.05, 4.69) is 15.3 Å². The van der Waals surface area contributed by atoms with E-state index in [-0.39, 0.29) is 16.7 Å². The highest BCUT2D eigenvalue weighted by molar-refractivity contribution is 5.59. The van der Waals surface area contributed by atoms with Gasteiger partial charge in [0, 0.05) is 32.7 Å². The summed E-state index contributed by atoms with van der Waals surface area (Å²) in [5.74, 6) is 0.467. The normalized spacial score (nSPS) is 22.7. The first-order valence-corrected chi connectivity index (χ1v) is 7.90. The molecule has 122 valence electrons. The molecule has 1 atom stereocenters. The quantitative estimate of drug-likeness (QED) is 0.627. The van der Waals surface area contributed by atoms with E-state index in [1.165, 1.54) is 12.8 Å². The number of nitro groups is 1. The zero-order chi connectivity index (χ0) is 15.7. The number of nitrogens with one attached hydrogen (secondary N) is 1. The molecule has 22 heavy (non-hydrogen) atoms. The molecule has 0 aromatic carbocycles. The highest BCUT2D eigenvalue weighted by atomic mass is 16.6. The molecule has 1 unspecified atom stereocenters. The van der Waals surface area contributed by atoms with Gasteiger partial charge in [-0.25, -0.2) is 4.68 Å². The molecule has 2 heterocycles. The third-order valence-corrected chi connectivity index (χ3v) is 4.34. The van der Waals surface area contributed by atoms with Gasteiger partial charge in [0.1, 0.15) is 5.69 Å². The van der Waals surface area contributed by atoms with Crippen LogP contribution in [0.4, 0.5) is 11.5 Å². The van der Waals surface area contributed by atoms with E-state index in [1.807, 2.05) is 6.92 Å². The smallest absolute Gasteiger partial charge is 0.333 e. The van der Waals surface area contributed by atoms with E-state index in [9.17, 15) is 10.1 Å². The molecular weight excluding hydrogens is 286 g/mol. The lowest BCUT2D eigenvalue weighted by Gasteiger charge is -2.33. The summed E-state index contributed by atoms with van der Waals surface area (Å²) in [7, 11) is 1.73. The molecule has 0 amide bonds. The second-order valence-electron chi connectivity index (χ2n) is 5.98. The minimum Gasteiger partial charge on any atom is -0.374 e. The molecule has 1 saturated heterocycles. The van der Waals surface area contributed by atoms with E-state index >= 15 is 0 Å². The number of ether oxygens (including phenoxy) is 1. The largest absolute Gasteiger partial charge is 0.374 e. The van der Waals surface area contributed by atoms with Crippen LogP contribution in [0.2, 0.25) is 0 Å². The summed E-state index contributed by atoms with van der Waals surface area (Å²) in [4.78, 5) is 13.4. The fraction of sp³-hybridized carbons (Fsp3) is 0.786. The molecule has 8 heteroatoms. The van der Waals surface area contributed by atoms with Crippen molar-refractivity contribution in [3.8, 4) is 0 Å². The maximum Gasteiger partial charge on any atom is 0.333 e. The number of rotatable bonds is 6. The van der Waals surface area contributed by atoms with Crippen molar-refractivity contribution in [1.29, 1.82) is 0 Å². The molecular formula is C14H23N5O3. The zero-order valence-electron chi connectivity index (χ0n) is 13.1. The van der Waals surface area contributed by atoms with Crippen molar-refractivity contribution in [2.45, 2.75) is 38.3 Å². The van der Waals surface area contributed by atoms with Crippen molar-refractivity contribution in [1.82, 2.24) is 14.7 Å². The molecule has 0 radical (unpaired) electrons. The van der Waals surface area contributed by atoms with Gasteiger partial charge in [-0.15, -0.1) is 0 Å². The van der Waals surface area contributed by atoms with Crippen LogP contribution in [-0.2, 0) is 18.2 Å². The van der Waals surface area contributed by atoms with E-state index in [4.69, 9.17) is 4.74 Å². The number of hydrogen-bond acceptors (Lipinski definition) is 6. The van der Waals surface area contributed by atoms with Crippen LogP contribution in [0.15, 0.2) is 0 Å². The monoisotopic (exact) mass is 309 g/mol. The Bertz CT molecular complexity index is 555. The summed E-state index contributed by atoms with van der Waals surface area (Å²) in [6, 6.07) is 0.726. The maximum absolute atomic E-state index is 11.3. The van der Waals surface area contributed by atoms with Gasteiger partial charge in [0.25, 0.3) is 0 Å². The SMILES string of the molecule is CCc1nn(C)c(NCC2CN(C3CC3)CCO2)c1[N+](=O)[O-]. The predicted molar refractivity (Wildman–Crippen MR) is 82.1 cm³/mol. The molecule has 1 aliphatic carbocycles. The average Bonchev–Trinajstić information content (AvgIpc) is 3.29. The van der Waals surface area contributed by atoms with Crippen LogP contribution < -0.4 is 5.32 Å². The zero-order valence-corrected chi connectivity index (χ0v) is 13.1. The molecule has 1 aromatic heterocycles. The number of hydrogen-bond donors (Lipinski definition) is 1. The van der Waals surface area contributed by atoms with Crippen LogP contribution in [0.5, 0.6) is 0 Å². The van der Waals surface area contributed by atoms with Crippen LogP contribution in [0.3, 0.4) is 0 Å². The first kappa shape index (κ1) is 15.2. The summed E-state index contributed by atoms with van der Waals surface area (Å²) in [6.45, 7) is 5.05. The second kappa shape index (κ2) is 6.21. The Morgan fingerprint density at radius 1 is 1.50 bits per heavy atom. The Labute approximate surface area is 129 Å². The molecule has 1 N–H and O–H groups in total. The van der Waals surface area contributed by atoms with Gasteiger partial charge in [0.15, 0.2) is 0 Å². The Morgan fingerprint density at radius 2 is 2.27 bits per heavy atom. The Morgan fingerprint density at radius 3 is 2.91 bits per heavy atom. The first-order chi connectivity index (χ1) is 10.6. The lowest BCUT2D eigenvalue weighted by atomic mass is 10.2. The fourth-order valence-electron chi connectivity index (χ4n) is 3.04. The van der Waals surface area contributed by atoms with Crippen molar-refractivity contribution in [3.05, 3.63) is 15.8 Å². The van der Waals surface area contributed by atoms with Crippen molar-refractivity contribution in [3.63, 3.8) is 0 Å². The topological polar surface area (TPSA) is 85.5 Å². The van der Waals surface area contributed by atoms with Crippen LogP contribution in [0.1, 0.15) is 25.5 Å². The summed E-state index contributed by atoms with van der Waals surface area (Å²) in [5, 5.41) is 18.7. The molecule has 0 spiro atoms. The number of nitrogens with zero attached hydrogens (tertiary/aromatic N) is 4. The highest BCUT2D eigenvalue weighted by Gasteiger charge is 2.33. The van der Waals surface area contributed by atoms with Gasteiger partial charge in [-0.3, -0.25) is 15.0 Å². The van der Waals surface area contributed by atoms with Gasteiger partial charge in [-0.1, -0.05) is 6.92 Å². The summed E-state index contributed by atoms with van der Waals surface area (Å²) in [5.41, 5.74) is 0.596. The number of aryl methyl sites for hydroxylation is 2. The summed E-state index contributed by atoms with van der Waals surface area (Å²) >= 11 is 0. The van der Waals surface area contributed by atoms with Crippen molar-refractivity contribution < 1.29 is 9.66 Å². The Hall–Kier alpha value is -1.67. The molecule has 2 fully saturated rings. The Kier molecular flexibility index (Phi) is 4.30. The minimum atomic E-state index is -0.355. The third-order valence-electron chi connectivity index (χ3n) is 4.34. The molecule has 3 rings (SSSR count). The lowest BCUT2D eigenvalue weighted by molar-refractivity contribution is -0.384. The molecule has 1 aliphatic heterocycles. The highest BCUT2D eigenvalue weighted by Crippen LogP contribution is 2.30. The third kappa shape index (κ3) is 3.07. The molecule has 1 saturated carbocycles. The number of aromatic nitrogens is 2. The van der Waals surface area contributed by atoms with Crippen LogP contribution in [0, 0.1) is 10.1 Å². The van der Waals surface area contributed by atoms with Crippen LogP contribution in [0.25, 0.3) is 0 Å². The molecule has 1 aromatic rings. The minimum absolute atomic E-state index is 0.0638. The van der Waals surface area contributed by atoms with Gasteiger partial charge in [-0.2, -0.15) is 5.10 Å². The van der Waals surface area contributed by atoms with E-state index in [0.29, 0.717) is 24.5 Å². The first-order valence-electron chi connectivity index (χ1n) is 7.90. The van der Waals surface area contributed by atoms with E-state index in [0.717, 1.165) is 25.7 Å². The molecule has 0 bridgehead atoms.